The lowest BCUT2D eigenvalue weighted by Crippen LogP contribution is -2.50. The number of benzene rings is 1. The molecule has 0 atom stereocenters. The van der Waals surface area contributed by atoms with Gasteiger partial charge in [-0.15, -0.1) is 0 Å². The first kappa shape index (κ1) is 18.2. The van der Waals surface area contributed by atoms with Crippen molar-refractivity contribution in [3.8, 4) is 0 Å². The van der Waals surface area contributed by atoms with Gasteiger partial charge in [-0.25, -0.2) is 4.39 Å². The lowest BCUT2D eigenvalue weighted by Gasteiger charge is -2.32. The summed E-state index contributed by atoms with van der Waals surface area (Å²) in [7, 11) is 1.72. The molecule has 1 aliphatic heterocycles. The molecule has 0 bridgehead atoms. The van der Waals surface area contributed by atoms with E-state index in [0.29, 0.717) is 37.1 Å². The van der Waals surface area contributed by atoms with Gasteiger partial charge < -0.3 is 18.8 Å². The van der Waals surface area contributed by atoms with Gasteiger partial charge in [0.15, 0.2) is 0 Å². The van der Waals surface area contributed by atoms with E-state index in [0.717, 1.165) is 5.52 Å². The summed E-state index contributed by atoms with van der Waals surface area (Å²) in [5, 5.41) is 0. The highest BCUT2D eigenvalue weighted by Gasteiger charge is 2.24. The summed E-state index contributed by atoms with van der Waals surface area (Å²) in [6.45, 7) is 1.44. The van der Waals surface area contributed by atoms with Crippen LogP contribution in [0.4, 0.5) is 4.39 Å². The zero-order valence-corrected chi connectivity index (χ0v) is 15.6. The van der Waals surface area contributed by atoms with Gasteiger partial charge >= 0.3 is 0 Å². The Hall–Kier alpha value is -3.16. The molecule has 7 nitrogen and oxygen atoms in total. The van der Waals surface area contributed by atoms with Crippen LogP contribution in [0.2, 0.25) is 0 Å². The molecule has 4 rings (SSSR count). The highest BCUT2D eigenvalue weighted by Crippen LogP contribution is 2.17. The second kappa shape index (κ2) is 7.10. The standard InChI is InChI=1S/C20H21FN4O3/c1-22-10-11-23(13-19(22)27)18(26)5-3-9-25-17-12-14(21)6-7-15(17)24-8-2-4-16(24)20(25)28/h2,4,6-8,12H,3,5,9-11,13H2,1H3. The molecule has 1 saturated heterocycles. The largest absolute Gasteiger partial charge is 0.342 e. The summed E-state index contributed by atoms with van der Waals surface area (Å²) in [6.07, 6.45) is 2.43. The predicted molar refractivity (Wildman–Crippen MR) is 103 cm³/mol. The molecule has 3 aromatic rings. The molecule has 0 aliphatic carbocycles. The second-order valence-electron chi connectivity index (χ2n) is 7.09. The SMILES string of the molecule is CN1CCN(C(=O)CCCn2c(=O)c3cccn3c3ccc(F)cc32)CC1=O. The number of hydrogen-bond donors (Lipinski definition) is 0. The number of likely N-dealkylation sites (N-methyl/N-ethyl adjacent to an activating group) is 1. The Morgan fingerprint density at radius 2 is 1.93 bits per heavy atom. The van der Waals surface area contributed by atoms with Crippen LogP contribution < -0.4 is 5.56 Å². The van der Waals surface area contributed by atoms with Crippen molar-refractivity contribution in [1.82, 2.24) is 18.8 Å². The van der Waals surface area contributed by atoms with Crippen LogP contribution in [0, 0.1) is 5.82 Å². The molecule has 1 aliphatic rings. The number of amides is 2. The number of aromatic nitrogens is 2. The van der Waals surface area contributed by atoms with Crippen LogP contribution in [0.1, 0.15) is 12.8 Å². The third-order valence-corrected chi connectivity index (χ3v) is 5.28. The van der Waals surface area contributed by atoms with Crippen molar-refractivity contribution in [2.75, 3.05) is 26.7 Å². The molecular formula is C20H21FN4O3. The number of carbonyl (C=O) groups is 2. The van der Waals surface area contributed by atoms with Crippen molar-refractivity contribution in [1.29, 1.82) is 0 Å². The van der Waals surface area contributed by atoms with E-state index in [2.05, 4.69) is 0 Å². The molecule has 1 aromatic carbocycles. The normalized spacial score (nSPS) is 15.0. The first-order valence-corrected chi connectivity index (χ1v) is 9.26. The van der Waals surface area contributed by atoms with E-state index >= 15 is 0 Å². The topological polar surface area (TPSA) is 67.0 Å². The van der Waals surface area contributed by atoms with Crippen molar-refractivity contribution in [2.24, 2.45) is 0 Å². The van der Waals surface area contributed by atoms with Crippen LogP contribution in [-0.2, 0) is 16.1 Å². The second-order valence-corrected chi connectivity index (χ2v) is 7.09. The van der Waals surface area contributed by atoms with Gasteiger partial charge in [0.2, 0.25) is 11.8 Å². The highest BCUT2D eigenvalue weighted by atomic mass is 19.1. The van der Waals surface area contributed by atoms with Gasteiger partial charge in [0.05, 0.1) is 17.6 Å². The van der Waals surface area contributed by atoms with Crippen LogP contribution in [0.5, 0.6) is 0 Å². The van der Waals surface area contributed by atoms with E-state index in [1.807, 2.05) is 0 Å². The maximum Gasteiger partial charge on any atom is 0.275 e. The monoisotopic (exact) mass is 384 g/mol. The van der Waals surface area contributed by atoms with Gasteiger partial charge in [0, 0.05) is 39.3 Å². The summed E-state index contributed by atoms with van der Waals surface area (Å²) in [5.41, 5.74) is 1.52. The van der Waals surface area contributed by atoms with Gasteiger partial charge in [-0.1, -0.05) is 0 Å². The van der Waals surface area contributed by atoms with Crippen LogP contribution in [0.15, 0.2) is 41.3 Å². The minimum Gasteiger partial charge on any atom is -0.342 e. The lowest BCUT2D eigenvalue weighted by molar-refractivity contribution is -0.144. The minimum atomic E-state index is -0.417. The summed E-state index contributed by atoms with van der Waals surface area (Å²) >= 11 is 0. The third-order valence-electron chi connectivity index (χ3n) is 5.28. The number of halogens is 1. The fraction of sp³-hybridized carbons (Fsp3) is 0.350. The molecule has 0 N–H and O–H groups in total. The molecular weight excluding hydrogens is 363 g/mol. The van der Waals surface area contributed by atoms with Gasteiger partial charge in [-0.2, -0.15) is 0 Å². The summed E-state index contributed by atoms with van der Waals surface area (Å²) in [6, 6.07) is 7.86. The van der Waals surface area contributed by atoms with Crippen molar-refractivity contribution in [3.05, 3.63) is 52.7 Å². The molecule has 0 saturated carbocycles. The first-order valence-electron chi connectivity index (χ1n) is 9.26. The Morgan fingerprint density at radius 1 is 1.11 bits per heavy atom. The Kier molecular flexibility index (Phi) is 4.62. The maximum absolute atomic E-state index is 13.8. The number of fused-ring (bicyclic) bond motifs is 3. The maximum atomic E-state index is 13.8. The van der Waals surface area contributed by atoms with Gasteiger partial charge in [-0.05, 0) is 36.8 Å². The lowest BCUT2D eigenvalue weighted by atomic mass is 10.2. The Labute approximate surface area is 160 Å². The molecule has 28 heavy (non-hydrogen) atoms. The predicted octanol–water partition coefficient (Wildman–Crippen LogP) is 1.47. The molecule has 2 aromatic heterocycles. The number of carbonyl (C=O) groups excluding carboxylic acids is 2. The molecule has 2 amide bonds. The van der Waals surface area contributed by atoms with Crippen molar-refractivity contribution in [2.45, 2.75) is 19.4 Å². The number of piperazine rings is 1. The van der Waals surface area contributed by atoms with Gasteiger partial charge in [0.25, 0.3) is 5.56 Å². The average Bonchev–Trinajstić information content (AvgIpc) is 3.16. The molecule has 146 valence electrons. The zero-order valence-electron chi connectivity index (χ0n) is 15.6. The fourth-order valence-corrected chi connectivity index (χ4v) is 3.67. The molecule has 0 unspecified atom stereocenters. The van der Waals surface area contributed by atoms with Crippen molar-refractivity contribution >= 4 is 28.4 Å². The Balaban J connectivity index is 1.55. The number of nitrogens with zero attached hydrogens (tertiary/aromatic N) is 4. The van der Waals surface area contributed by atoms with E-state index < -0.39 is 5.82 Å². The third kappa shape index (κ3) is 3.15. The summed E-state index contributed by atoms with van der Waals surface area (Å²) in [4.78, 5) is 40.2. The van der Waals surface area contributed by atoms with Gasteiger partial charge in [-0.3, -0.25) is 14.4 Å². The molecule has 3 heterocycles. The zero-order chi connectivity index (χ0) is 19.8. The molecule has 0 radical (unpaired) electrons. The fourth-order valence-electron chi connectivity index (χ4n) is 3.67. The van der Waals surface area contributed by atoms with Crippen molar-refractivity contribution < 1.29 is 14.0 Å². The van der Waals surface area contributed by atoms with E-state index in [9.17, 15) is 18.8 Å². The van der Waals surface area contributed by atoms with E-state index in [1.54, 1.807) is 45.6 Å². The van der Waals surface area contributed by atoms with E-state index in [-0.39, 0.29) is 30.3 Å². The molecule has 8 heteroatoms. The summed E-state index contributed by atoms with van der Waals surface area (Å²) < 4.78 is 17.1. The van der Waals surface area contributed by atoms with Crippen LogP contribution in [0.25, 0.3) is 16.6 Å². The Morgan fingerprint density at radius 3 is 2.71 bits per heavy atom. The van der Waals surface area contributed by atoms with E-state index in [4.69, 9.17) is 0 Å². The first-order chi connectivity index (χ1) is 13.5. The minimum absolute atomic E-state index is 0.0732. The number of hydrogen-bond acceptors (Lipinski definition) is 3. The quantitative estimate of drug-likeness (QED) is 0.684. The van der Waals surface area contributed by atoms with Crippen molar-refractivity contribution in [3.63, 3.8) is 0 Å². The summed E-state index contributed by atoms with van der Waals surface area (Å²) in [5.74, 6) is -0.594. The highest BCUT2D eigenvalue weighted by molar-refractivity contribution is 5.86. The number of rotatable bonds is 4. The molecule has 1 fully saturated rings. The van der Waals surface area contributed by atoms with E-state index in [1.165, 1.54) is 16.7 Å². The van der Waals surface area contributed by atoms with Crippen LogP contribution >= 0.6 is 0 Å². The molecule has 0 spiro atoms. The average molecular weight is 384 g/mol. The number of aryl methyl sites for hydroxylation is 1. The van der Waals surface area contributed by atoms with Crippen LogP contribution in [0.3, 0.4) is 0 Å². The van der Waals surface area contributed by atoms with Crippen LogP contribution in [-0.4, -0.2) is 57.3 Å². The Bertz CT molecular complexity index is 1130. The van der Waals surface area contributed by atoms with Gasteiger partial charge in [0.1, 0.15) is 11.3 Å². The smallest absolute Gasteiger partial charge is 0.275 e.